The number of hydrogen-bond acceptors (Lipinski definition) is 4. The van der Waals surface area contributed by atoms with E-state index in [-0.39, 0.29) is 0 Å². The number of piperidine rings is 1. The zero-order valence-electron chi connectivity index (χ0n) is 14.1. The Morgan fingerprint density at radius 3 is 2.50 bits per heavy atom. The van der Waals surface area contributed by atoms with E-state index in [4.69, 9.17) is 5.73 Å². The molecule has 1 aliphatic carbocycles. The van der Waals surface area contributed by atoms with Crippen molar-refractivity contribution in [2.24, 2.45) is 11.7 Å². The number of benzene rings is 1. The van der Waals surface area contributed by atoms with Crippen LogP contribution in [0.2, 0.25) is 0 Å². The van der Waals surface area contributed by atoms with Gasteiger partial charge in [0.2, 0.25) is 0 Å². The van der Waals surface area contributed by atoms with Gasteiger partial charge in [-0.25, -0.2) is 9.97 Å². The molecule has 2 N–H and O–H groups in total. The lowest BCUT2D eigenvalue weighted by Gasteiger charge is -2.34. The van der Waals surface area contributed by atoms with Gasteiger partial charge in [-0.15, -0.1) is 0 Å². The van der Waals surface area contributed by atoms with Gasteiger partial charge in [0, 0.05) is 36.8 Å². The largest absolute Gasteiger partial charge is 0.356 e. The second-order valence-corrected chi connectivity index (χ2v) is 7.35. The first-order valence-electron chi connectivity index (χ1n) is 9.14. The molecule has 2 fully saturated rings. The zero-order chi connectivity index (χ0) is 16.4. The van der Waals surface area contributed by atoms with Gasteiger partial charge < -0.3 is 10.6 Å². The quantitative estimate of drug-likeness (QED) is 0.939. The van der Waals surface area contributed by atoms with Crippen LogP contribution in [0.25, 0.3) is 0 Å². The predicted octanol–water partition coefficient (Wildman–Crippen LogP) is 3.14. The third-order valence-corrected chi connectivity index (χ3v) is 5.57. The van der Waals surface area contributed by atoms with Crippen LogP contribution in [0.1, 0.15) is 42.9 Å². The van der Waals surface area contributed by atoms with Crippen LogP contribution in [0.3, 0.4) is 0 Å². The van der Waals surface area contributed by atoms with Gasteiger partial charge in [0.05, 0.1) is 0 Å². The smallest absolute Gasteiger partial charge is 0.132 e. The molecule has 2 aromatic rings. The van der Waals surface area contributed by atoms with E-state index in [0.29, 0.717) is 12.0 Å². The van der Waals surface area contributed by atoms with Gasteiger partial charge >= 0.3 is 0 Å². The standard InChI is InChI=1S/C20H26N4/c21-18-11-17(12-18)19-13-20(23-14-22-19)24-8-6-16(7-9-24)10-15-4-2-1-3-5-15/h1-5,13-14,16-18H,6-12,21H2. The van der Waals surface area contributed by atoms with Gasteiger partial charge in [-0.05, 0) is 43.6 Å². The van der Waals surface area contributed by atoms with Crippen molar-refractivity contribution >= 4 is 5.82 Å². The summed E-state index contributed by atoms with van der Waals surface area (Å²) in [5.74, 6) is 2.42. The van der Waals surface area contributed by atoms with Crippen LogP contribution in [0.5, 0.6) is 0 Å². The summed E-state index contributed by atoms with van der Waals surface area (Å²) in [7, 11) is 0. The molecule has 1 aliphatic heterocycles. The molecule has 2 heterocycles. The number of hydrogen-bond donors (Lipinski definition) is 1. The van der Waals surface area contributed by atoms with E-state index in [1.807, 2.05) is 0 Å². The molecule has 2 aliphatic rings. The first kappa shape index (κ1) is 15.6. The molecule has 0 unspecified atom stereocenters. The summed E-state index contributed by atoms with van der Waals surface area (Å²) < 4.78 is 0. The Labute approximate surface area is 144 Å². The predicted molar refractivity (Wildman–Crippen MR) is 97.1 cm³/mol. The van der Waals surface area contributed by atoms with Crippen molar-refractivity contribution in [2.45, 2.75) is 44.1 Å². The fourth-order valence-electron chi connectivity index (χ4n) is 3.97. The van der Waals surface area contributed by atoms with E-state index in [9.17, 15) is 0 Å². The van der Waals surface area contributed by atoms with Crippen molar-refractivity contribution in [3.05, 3.63) is 54.0 Å². The molecule has 1 aromatic carbocycles. The number of rotatable bonds is 4. The van der Waals surface area contributed by atoms with Gasteiger partial charge in [-0.2, -0.15) is 0 Å². The third kappa shape index (κ3) is 3.44. The summed E-state index contributed by atoms with van der Waals surface area (Å²) in [5, 5.41) is 0. The van der Waals surface area contributed by atoms with E-state index in [1.54, 1.807) is 6.33 Å². The highest BCUT2D eigenvalue weighted by Gasteiger charge is 2.29. The summed E-state index contributed by atoms with van der Waals surface area (Å²) in [6, 6.07) is 13.4. The number of nitrogens with two attached hydrogens (primary N) is 1. The summed E-state index contributed by atoms with van der Waals surface area (Å²) in [6.07, 6.45) is 7.53. The van der Waals surface area contributed by atoms with E-state index in [1.165, 1.54) is 30.5 Å². The average molecular weight is 322 g/mol. The maximum atomic E-state index is 5.91. The van der Waals surface area contributed by atoms with Crippen molar-refractivity contribution in [3.8, 4) is 0 Å². The van der Waals surface area contributed by atoms with Crippen molar-refractivity contribution in [2.75, 3.05) is 18.0 Å². The van der Waals surface area contributed by atoms with Crippen LogP contribution in [-0.4, -0.2) is 29.1 Å². The molecular formula is C20H26N4. The van der Waals surface area contributed by atoms with E-state index in [0.717, 1.165) is 37.7 Å². The fourth-order valence-corrected chi connectivity index (χ4v) is 3.97. The van der Waals surface area contributed by atoms with Crippen LogP contribution < -0.4 is 10.6 Å². The molecule has 1 saturated heterocycles. The Bertz CT molecular complexity index is 658. The summed E-state index contributed by atoms with van der Waals surface area (Å²) in [4.78, 5) is 11.4. The van der Waals surface area contributed by atoms with Crippen molar-refractivity contribution in [3.63, 3.8) is 0 Å². The van der Waals surface area contributed by atoms with Gasteiger partial charge in [-0.1, -0.05) is 30.3 Å². The highest BCUT2D eigenvalue weighted by molar-refractivity contribution is 5.40. The van der Waals surface area contributed by atoms with E-state index >= 15 is 0 Å². The van der Waals surface area contributed by atoms with Crippen LogP contribution >= 0.6 is 0 Å². The van der Waals surface area contributed by atoms with Crippen molar-refractivity contribution in [1.29, 1.82) is 0 Å². The minimum Gasteiger partial charge on any atom is -0.356 e. The second-order valence-electron chi connectivity index (χ2n) is 7.35. The van der Waals surface area contributed by atoms with Crippen LogP contribution in [0.15, 0.2) is 42.7 Å². The number of anilines is 1. The maximum absolute atomic E-state index is 5.91. The Kier molecular flexibility index (Phi) is 4.48. The molecule has 0 atom stereocenters. The minimum absolute atomic E-state index is 0.363. The Balaban J connectivity index is 1.35. The maximum Gasteiger partial charge on any atom is 0.132 e. The fraction of sp³-hybridized carbons (Fsp3) is 0.500. The highest BCUT2D eigenvalue weighted by Crippen LogP contribution is 2.35. The lowest BCUT2D eigenvalue weighted by molar-refractivity contribution is 0.344. The van der Waals surface area contributed by atoms with E-state index < -0.39 is 0 Å². The van der Waals surface area contributed by atoms with Crippen molar-refractivity contribution in [1.82, 2.24) is 9.97 Å². The molecule has 4 nitrogen and oxygen atoms in total. The van der Waals surface area contributed by atoms with Gasteiger partial charge in [0.15, 0.2) is 0 Å². The molecule has 1 saturated carbocycles. The second kappa shape index (κ2) is 6.89. The first-order chi connectivity index (χ1) is 11.8. The molecular weight excluding hydrogens is 296 g/mol. The lowest BCUT2D eigenvalue weighted by atomic mass is 9.78. The van der Waals surface area contributed by atoms with E-state index in [2.05, 4.69) is 51.3 Å². The molecule has 4 rings (SSSR count). The molecule has 0 spiro atoms. The molecule has 4 heteroatoms. The topological polar surface area (TPSA) is 55.0 Å². The lowest BCUT2D eigenvalue weighted by Crippen LogP contribution is -2.36. The number of aromatic nitrogens is 2. The van der Waals surface area contributed by atoms with Gasteiger partial charge in [0.25, 0.3) is 0 Å². The summed E-state index contributed by atoms with van der Waals surface area (Å²) in [5.41, 5.74) is 8.55. The highest BCUT2D eigenvalue weighted by atomic mass is 15.2. The van der Waals surface area contributed by atoms with Crippen LogP contribution in [-0.2, 0) is 6.42 Å². The Morgan fingerprint density at radius 1 is 1.04 bits per heavy atom. The van der Waals surface area contributed by atoms with Crippen LogP contribution in [0.4, 0.5) is 5.82 Å². The normalized spacial score (nSPS) is 24.6. The molecule has 0 bridgehead atoms. The van der Waals surface area contributed by atoms with Crippen molar-refractivity contribution < 1.29 is 0 Å². The SMILES string of the molecule is NC1CC(c2cc(N3CCC(Cc4ccccc4)CC3)ncn2)C1. The molecule has 0 radical (unpaired) electrons. The zero-order valence-corrected chi connectivity index (χ0v) is 14.1. The molecule has 126 valence electrons. The first-order valence-corrected chi connectivity index (χ1v) is 9.14. The van der Waals surface area contributed by atoms with Gasteiger partial charge in [0.1, 0.15) is 12.1 Å². The molecule has 1 aromatic heterocycles. The molecule has 24 heavy (non-hydrogen) atoms. The monoisotopic (exact) mass is 322 g/mol. The number of nitrogens with zero attached hydrogens (tertiary/aromatic N) is 3. The molecule has 0 amide bonds. The third-order valence-electron chi connectivity index (χ3n) is 5.57. The Morgan fingerprint density at radius 2 is 1.79 bits per heavy atom. The Hall–Kier alpha value is -1.94. The summed E-state index contributed by atoms with van der Waals surface area (Å²) >= 11 is 0. The van der Waals surface area contributed by atoms with Gasteiger partial charge in [-0.3, -0.25) is 0 Å². The summed E-state index contributed by atoms with van der Waals surface area (Å²) in [6.45, 7) is 2.19. The average Bonchev–Trinajstić information content (AvgIpc) is 2.61. The van der Waals surface area contributed by atoms with Crippen LogP contribution in [0, 0.1) is 5.92 Å². The minimum atomic E-state index is 0.363.